The number of aryl methyl sites for hydroxylation is 1. The van der Waals surface area contributed by atoms with Crippen LogP contribution in [0.5, 0.6) is 0 Å². The minimum atomic E-state index is -4.02. The van der Waals surface area contributed by atoms with E-state index in [9.17, 15) is 8.42 Å². The molecule has 0 radical (unpaired) electrons. The van der Waals surface area contributed by atoms with Gasteiger partial charge < -0.3 is 0 Å². The van der Waals surface area contributed by atoms with Crippen molar-refractivity contribution in [3.8, 4) is 0 Å². The number of hydrogen-bond acceptors (Lipinski definition) is 2. The molecule has 0 aliphatic heterocycles. The highest BCUT2D eigenvalue weighted by Gasteiger charge is 2.06. The predicted octanol–water partition coefficient (Wildman–Crippen LogP) is 1.88. The highest BCUT2D eigenvalue weighted by atomic mass is 32.2. The summed E-state index contributed by atoms with van der Waals surface area (Å²) in [6.45, 7) is 1.84. The zero-order chi connectivity index (χ0) is 8.48. The first-order valence-electron chi connectivity index (χ1n) is 3.04. The summed E-state index contributed by atoms with van der Waals surface area (Å²) in [7, 11) is -4.02. The maximum Gasteiger partial charge on any atom is 0.294 e. The molecule has 0 aliphatic rings. The first-order valence-corrected chi connectivity index (χ1v) is 4.48. The zero-order valence-corrected chi connectivity index (χ0v) is 6.80. The van der Waals surface area contributed by atoms with Gasteiger partial charge in [-0.25, -0.2) is 0 Å². The molecule has 1 rings (SSSR count). The summed E-state index contributed by atoms with van der Waals surface area (Å²) < 4.78 is 29.6. The maximum atomic E-state index is 10.5. The number of benzene rings is 1. The monoisotopic (exact) mass is 188 g/mol. The molecule has 0 bridgehead atoms. The lowest BCUT2D eigenvalue weighted by atomic mass is 10.2. The standard InChI is InChI=1S/C7H8O3S.CH4/c1-6-2-4-7(5-3-6)11(8,9)10;/h2-5H,1H3,(H,8,9,10);1H4. The molecule has 0 spiro atoms. The lowest BCUT2D eigenvalue weighted by Gasteiger charge is -1.95. The van der Waals surface area contributed by atoms with Crippen molar-refractivity contribution < 1.29 is 13.0 Å². The molecule has 4 heteroatoms. The number of hydrogen-bond donors (Lipinski definition) is 1. The van der Waals surface area contributed by atoms with Gasteiger partial charge in [0.05, 0.1) is 4.90 Å². The molecule has 3 nitrogen and oxygen atoms in total. The maximum absolute atomic E-state index is 10.5. The van der Waals surface area contributed by atoms with Gasteiger partial charge in [0.15, 0.2) is 0 Å². The summed E-state index contributed by atoms with van der Waals surface area (Å²) in [5.41, 5.74) is 0.956. The van der Waals surface area contributed by atoms with Crippen molar-refractivity contribution in [1.29, 1.82) is 0 Å². The largest absolute Gasteiger partial charge is 0.294 e. The Balaban J connectivity index is 0.00000121. The van der Waals surface area contributed by atoms with Gasteiger partial charge in [0, 0.05) is 0 Å². The average molecular weight is 188 g/mol. The second-order valence-electron chi connectivity index (χ2n) is 2.29. The third-order valence-electron chi connectivity index (χ3n) is 1.32. The van der Waals surface area contributed by atoms with E-state index in [0.29, 0.717) is 0 Å². The van der Waals surface area contributed by atoms with E-state index in [2.05, 4.69) is 0 Å². The fourth-order valence-corrected chi connectivity index (χ4v) is 1.19. The van der Waals surface area contributed by atoms with Crippen LogP contribution in [0.4, 0.5) is 0 Å². The van der Waals surface area contributed by atoms with Crippen LogP contribution in [0.25, 0.3) is 0 Å². The Hall–Kier alpha value is -0.870. The minimum absolute atomic E-state index is 0. The normalized spacial score (nSPS) is 10.5. The van der Waals surface area contributed by atoms with Crippen LogP contribution >= 0.6 is 0 Å². The summed E-state index contributed by atoms with van der Waals surface area (Å²) in [5.74, 6) is 0. The Labute approximate surface area is 72.8 Å². The van der Waals surface area contributed by atoms with E-state index in [1.54, 1.807) is 12.1 Å². The first-order chi connectivity index (χ1) is 5.00. The molecular formula is C8H12O3S. The van der Waals surface area contributed by atoms with Gasteiger partial charge in [-0.15, -0.1) is 0 Å². The first kappa shape index (κ1) is 11.1. The Morgan fingerprint density at radius 2 is 1.58 bits per heavy atom. The molecule has 0 aliphatic carbocycles. The van der Waals surface area contributed by atoms with Crippen molar-refractivity contribution in [2.45, 2.75) is 19.2 Å². The minimum Gasteiger partial charge on any atom is -0.282 e. The quantitative estimate of drug-likeness (QED) is 0.684. The molecule has 0 atom stereocenters. The topological polar surface area (TPSA) is 54.4 Å². The van der Waals surface area contributed by atoms with Crippen LogP contribution in [0.15, 0.2) is 29.2 Å². The summed E-state index contributed by atoms with van der Waals surface area (Å²) >= 11 is 0. The lowest BCUT2D eigenvalue weighted by molar-refractivity contribution is 0.483. The van der Waals surface area contributed by atoms with Gasteiger partial charge in [0.1, 0.15) is 0 Å². The lowest BCUT2D eigenvalue weighted by Crippen LogP contribution is -1.96. The highest BCUT2D eigenvalue weighted by molar-refractivity contribution is 7.85. The molecule has 0 unspecified atom stereocenters. The molecule has 1 N–H and O–H groups in total. The summed E-state index contributed by atoms with van der Waals surface area (Å²) in [6, 6.07) is 5.99. The van der Waals surface area contributed by atoms with Gasteiger partial charge in [0.2, 0.25) is 0 Å². The van der Waals surface area contributed by atoms with E-state index in [1.807, 2.05) is 6.92 Å². The van der Waals surface area contributed by atoms with Crippen molar-refractivity contribution in [3.05, 3.63) is 29.8 Å². The molecule has 0 fully saturated rings. The van der Waals surface area contributed by atoms with Crippen molar-refractivity contribution in [2.24, 2.45) is 0 Å². The van der Waals surface area contributed by atoms with Gasteiger partial charge >= 0.3 is 0 Å². The fourth-order valence-electron chi connectivity index (χ4n) is 0.710. The van der Waals surface area contributed by atoms with E-state index in [1.165, 1.54) is 12.1 Å². The number of rotatable bonds is 1. The second kappa shape index (κ2) is 3.69. The molecule has 12 heavy (non-hydrogen) atoms. The summed E-state index contributed by atoms with van der Waals surface area (Å²) in [5, 5.41) is 0. The molecule has 0 aromatic heterocycles. The van der Waals surface area contributed by atoms with E-state index in [0.717, 1.165) is 5.56 Å². The van der Waals surface area contributed by atoms with Crippen LogP contribution in [0.2, 0.25) is 0 Å². The molecule has 1 aromatic rings. The Morgan fingerprint density at radius 3 is 1.92 bits per heavy atom. The van der Waals surface area contributed by atoms with Gasteiger partial charge in [-0.3, -0.25) is 4.55 Å². The van der Waals surface area contributed by atoms with Crippen LogP contribution in [-0.4, -0.2) is 13.0 Å². The third kappa shape index (κ3) is 2.64. The van der Waals surface area contributed by atoms with Crippen LogP contribution in [0, 0.1) is 6.92 Å². The molecule has 1 aromatic carbocycles. The molecular weight excluding hydrogens is 176 g/mol. The third-order valence-corrected chi connectivity index (χ3v) is 2.19. The Kier molecular flexibility index (Phi) is 3.42. The zero-order valence-electron chi connectivity index (χ0n) is 5.98. The van der Waals surface area contributed by atoms with Gasteiger partial charge in [-0.05, 0) is 19.1 Å². The smallest absolute Gasteiger partial charge is 0.282 e. The molecule has 0 saturated carbocycles. The van der Waals surface area contributed by atoms with E-state index in [4.69, 9.17) is 4.55 Å². The summed E-state index contributed by atoms with van der Waals surface area (Å²) in [6.07, 6.45) is 0. The van der Waals surface area contributed by atoms with E-state index < -0.39 is 10.1 Å². The van der Waals surface area contributed by atoms with Gasteiger partial charge in [0.25, 0.3) is 10.1 Å². The molecule has 0 heterocycles. The van der Waals surface area contributed by atoms with Crippen LogP contribution in [0.1, 0.15) is 13.0 Å². The van der Waals surface area contributed by atoms with E-state index in [-0.39, 0.29) is 12.3 Å². The van der Waals surface area contributed by atoms with Crippen molar-refractivity contribution in [1.82, 2.24) is 0 Å². The molecule has 0 amide bonds. The second-order valence-corrected chi connectivity index (χ2v) is 3.71. The van der Waals surface area contributed by atoms with Crippen molar-refractivity contribution in [2.75, 3.05) is 0 Å². The van der Waals surface area contributed by atoms with Crippen LogP contribution in [0.3, 0.4) is 0 Å². The predicted molar refractivity (Wildman–Crippen MR) is 47.7 cm³/mol. The van der Waals surface area contributed by atoms with Gasteiger partial charge in [-0.1, -0.05) is 25.1 Å². The van der Waals surface area contributed by atoms with Gasteiger partial charge in [-0.2, -0.15) is 8.42 Å². The highest BCUT2D eigenvalue weighted by Crippen LogP contribution is 2.08. The Morgan fingerprint density at radius 1 is 1.17 bits per heavy atom. The Bertz CT molecular complexity index is 337. The fraction of sp³-hybridized carbons (Fsp3) is 0.250. The average Bonchev–Trinajstić information content (AvgIpc) is 1.86. The van der Waals surface area contributed by atoms with Crippen LogP contribution < -0.4 is 0 Å². The van der Waals surface area contributed by atoms with Crippen molar-refractivity contribution >= 4 is 10.1 Å². The van der Waals surface area contributed by atoms with Crippen LogP contribution in [-0.2, 0) is 10.1 Å². The van der Waals surface area contributed by atoms with E-state index >= 15 is 0 Å². The SMILES string of the molecule is C.Cc1ccc(S(=O)(=O)O)cc1. The molecule has 68 valence electrons. The van der Waals surface area contributed by atoms with Crippen molar-refractivity contribution in [3.63, 3.8) is 0 Å². The molecule has 0 saturated heterocycles. The summed E-state index contributed by atoms with van der Waals surface area (Å²) in [4.78, 5) is -0.0666.